The maximum atomic E-state index is 12.9. The first-order chi connectivity index (χ1) is 15.4. The van der Waals surface area contributed by atoms with Crippen LogP contribution in [0.5, 0.6) is 11.5 Å². The van der Waals surface area contributed by atoms with Gasteiger partial charge in [0, 0.05) is 37.8 Å². The zero-order valence-corrected chi connectivity index (χ0v) is 16.6. The number of amides is 1. The van der Waals surface area contributed by atoms with Crippen LogP contribution >= 0.6 is 0 Å². The molecule has 3 aromatic rings. The van der Waals surface area contributed by atoms with Crippen molar-refractivity contribution >= 4 is 11.7 Å². The van der Waals surface area contributed by atoms with Gasteiger partial charge >= 0.3 is 6.18 Å². The van der Waals surface area contributed by atoms with E-state index in [4.69, 9.17) is 9.47 Å². The first-order valence-electron chi connectivity index (χ1n) is 9.77. The van der Waals surface area contributed by atoms with E-state index >= 15 is 0 Å². The maximum absolute atomic E-state index is 12.9. The largest absolute Gasteiger partial charge is 0.454 e. The number of carbonyl (C=O) groups excluding carboxylic acids is 1. The quantitative estimate of drug-likeness (QED) is 0.661. The number of aromatic amines is 1. The van der Waals surface area contributed by atoms with E-state index in [1.165, 1.54) is 0 Å². The van der Waals surface area contributed by atoms with E-state index in [-0.39, 0.29) is 18.5 Å². The number of aromatic nitrogens is 4. The molecule has 1 aromatic carbocycles. The summed E-state index contributed by atoms with van der Waals surface area (Å²) in [6.45, 7) is 1.54. The monoisotopic (exact) mass is 446 g/mol. The molecule has 4 heterocycles. The third kappa shape index (κ3) is 3.79. The lowest BCUT2D eigenvalue weighted by Gasteiger charge is -2.35. The summed E-state index contributed by atoms with van der Waals surface area (Å²) in [5.74, 6) is 1.23. The van der Waals surface area contributed by atoms with Crippen LogP contribution in [0.15, 0.2) is 36.7 Å². The van der Waals surface area contributed by atoms with Gasteiger partial charge in [-0.15, -0.1) is 0 Å². The Morgan fingerprint density at radius 1 is 1.00 bits per heavy atom. The van der Waals surface area contributed by atoms with E-state index in [9.17, 15) is 18.0 Å². The summed E-state index contributed by atoms with van der Waals surface area (Å²) in [6.07, 6.45) is -3.64. The minimum atomic E-state index is -4.54. The van der Waals surface area contributed by atoms with Gasteiger partial charge in [-0.2, -0.15) is 18.3 Å². The minimum absolute atomic E-state index is 0.168. The van der Waals surface area contributed by atoms with E-state index in [1.807, 2.05) is 6.07 Å². The summed E-state index contributed by atoms with van der Waals surface area (Å²) in [7, 11) is 0. The lowest BCUT2D eigenvalue weighted by molar-refractivity contribution is -0.141. The molecule has 1 N–H and O–H groups in total. The van der Waals surface area contributed by atoms with Crippen molar-refractivity contribution in [3.05, 3.63) is 48.0 Å². The number of alkyl halides is 3. The highest BCUT2D eigenvalue weighted by atomic mass is 19.4. The van der Waals surface area contributed by atoms with E-state index in [2.05, 4.69) is 20.2 Å². The van der Waals surface area contributed by atoms with Gasteiger partial charge in [-0.3, -0.25) is 9.89 Å². The highest BCUT2D eigenvalue weighted by Gasteiger charge is 2.34. The minimum Gasteiger partial charge on any atom is -0.454 e. The van der Waals surface area contributed by atoms with Gasteiger partial charge < -0.3 is 19.3 Å². The van der Waals surface area contributed by atoms with Gasteiger partial charge in [-0.05, 0) is 24.3 Å². The second-order valence-corrected chi connectivity index (χ2v) is 7.27. The number of anilines is 1. The van der Waals surface area contributed by atoms with Crippen molar-refractivity contribution in [1.82, 2.24) is 25.1 Å². The number of benzene rings is 1. The van der Waals surface area contributed by atoms with E-state index in [1.54, 1.807) is 28.0 Å². The van der Waals surface area contributed by atoms with Gasteiger partial charge in [0.1, 0.15) is 23.5 Å². The average molecular weight is 446 g/mol. The molecule has 0 aliphatic carbocycles. The molecule has 12 heteroatoms. The number of H-pyrrole nitrogens is 1. The van der Waals surface area contributed by atoms with Crippen LogP contribution in [-0.4, -0.2) is 63.9 Å². The van der Waals surface area contributed by atoms with Crippen molar-refractivity contribution in [3.8, 4) is 22.8 Å². The van der Waals surface area contributed by atoms with Crippen LogP contribution in [-0.2, 0) is 6.18 Å². The molecule has 0 bridgehead atoms. The highest BCUT2D eigenvalue weighted by molar-refractivity contribution is 5.93. The topological polar surface area (TPSA) is 96.5 Å². The number of nitrogens with zero attached hydrogens (tertiary/aromatic N) is 5. The Morgan fingerprint density at radius 2 is 1.78 bits per heavy atom. The second kappa shape index (κ2) is 7.70. The molecule has 0 atom stereocenters. The van der Waals surface area contributed by atoms with Crippen molar-refractivity contribution in [2.24, 2.45) is 0 Å². The van der Waals surface area contributed by atoms with E-state index in [0.717, 1.165) is 18.0 Å². The fourth-order valence-electron chi connectivity index (χ4n) is 3.62. The van der Waals surface area contributed by atoms with Crippen LogP contribution in [0.4, 0.5) is 19.0 Å². The smallest absolute Gasteiger partial charge is 0.433 e. The van der Waals surface area contributed by atoms with Crippen LogP contribution in [0.3, 0.4) is 0 Å². The van der Waals surface area contributed by atoms with E-state index in [0.29, 0.717) is 49.1 Å². The van der Waals surface area contributed by atoms with Crippen LogP contribution < -0.4 is 14.4 Å². The van der Waals surface area contributed by atoms with Crippen molar-refractivity contribution in [2.75, 3.05) is 37.9 Å². The summed E-state index contributed by atoms with van der Waals surface area (Å²) in [4.78, 5) is 23.4. The molecule has 1 fully saturated rings. The zero-order valence-electron chi connectivity index (χ0n) is 16.6. The van der Waals surface area contributed by atoms with Gasteiger partial charge in [0.25, 0.3) is 5.91 Å². The normalized spacial score (nSPS) is 15.8. The molecule has 9 nitrogen and oxygen atoms in total. The summed E-state index contributed by atoms with van der Waals surface area (Å²) >= 11 is 0. The third-order valence-electron chi connectivity index (χ3n) is 5.31. The lowest BCUT2D eigenvalue weighted by atomic mass is 10.1. The van der Waals surface area contributed by atoms with Crippen molar-refractivity contribution in [1.29, 1.82) is 0 Å². The molecule has 1 amide bonds. The van der Waals surface area contributed by atoms with Crippen LogP contribution in [0, 0.1) is 0 Å². The highest BCUT2D eigenvalue weighted by Crippen LogP contribution is 2.35. The number of carbonyl (C=O) groups is 1. The predicted octanol–water partition coefficient (Wildman–Crippen LogP) is 2.58. The molecule has 5 rings (SSSR count). The fraction of sp³-hybridized carbons (Fsp3) is 0.300. The maximum Gasteiger partial charge on any atom is 0.433 e. The Bertz CT molecular complexity index is 1160. The molecular weight excluding hydrogens is 429 g/mol. The third-order valence-corrected chi connectivity index (χ3v) is 5.31. The van der Waals surface area contributed by atoms with Crippen LogP contribution in [0.1, 0.15) is 16.2 Å². The van der Waals surface area contributed by atoms with E-state index < -0.39 is 11.9 Å². The second-order valence-electron chi connectivity index (χ2n) is 7.27. The number of piperazine rings is 1. The molecule has 0 unspecified atom stereocenters. The molecule has 2 aromatic heterocycles. The molecule has 0 saturated carbocycles. The van der Waals surface area contributed by atoms with Crippen molar-refractivity contribution in [3.63, 3.8) is 0 Å². The van der Waals surface area contributed by atoms with Crippen LogP contribution in [0.25, 0.3) is 11.3 Å². The predicted molar refractivity (Wildman–Crippen MR) is 105 cm³/mol. The Morgan fingerprint density at radius 3 is 2.56 bits per heavy atom. The van der Waals surface area contributed by atoms with Crippen LogP contribution in [0.2, 0.25) is 0 Å². The summed E-state index contributed by atoms with van der Waals surface area (Å²) in [5, 5.41) is 6.98. The molecule has 0 radical (unpaired) electrons. The molecule has 166 valence electrons. The fourth-order valence-corrected chi connectivity index (χ4v) is 3.62. The number of hydrogen-bond acceptors (Lipinski definition) is 7. The number of halogens is 3. The first-order valence-corrected chi connectivity index (χ1v) is 9.77. The molecule has 0 spiro atoms. The number of nitrogens with one attached hydrogen (secondary N) is 1. The van der Waals surface area contributed by atoms with Gasteiger partial charge in [-0.1, -0.05) is 0 Å². The Hall–Kier alpha value is -3.83. The number of ether oxygens (including phenoxy) is 2. The van der Waals surface area contributed by atoms with Crippen molar-refractivity contribution < 1.29 is 27.4 Å². The lowest BCUT2D eigenvalue weighted by Crippen LogP contribution is -2.49. The standard InChI is InChI=1S/C20H17F3N6O3/c21-20(22,23)17-9-18(25-10-24-17)28-3-5-29(6-4-28)19(30)14-8-13(26-27-14)12-1-2-15-16(7-12)32-11-31-15/h1-2,7-10H,3-6,11H2,(H,26,27). The number of rotatable bonds is 3. The number of fused-ring (bicyclic) bond motifs is 1. The zero-order chi connectivity index (χ0) is 22.3. The molecule has 2 aliphatic rings. The Balaban J connectivity index is 1.25. The Labute approximate surface area is 179 Å². The SMILES string of the molecule is O=C(c1cc(-c2ccc3c(c2)OCO3)n[nH]1)N1CCN(c2cc(C(F)(F)F)ncn2)CC1. The first kappa shape index (κ1) is 20.1. The molecule has 1 saturated heterocycles. The number of hydrogen-bond donors (Lipinski definition) is 1. The summed E-state index contributed by atoms with van der Waals surface area (Å²) in [5.41, 5.74) is 0.701. The average Bonchev–Trinajstić information content (AvgIpc) is 3.47. The summed E-state index contributed by atoms with van der Waals surface area (Å²) < 4.78 is 49.4. The van der Waals surface area contributed by atoms with Gasteiger partial charge in [0.05, 0.1) is 5.69 Å². The molecular formula is C20H17F3N6O3. The Kier molecular flexibility index (Phi) is 4.83. The summed E-state index contributed by atoms with van der Waals surface area (Å²) in [6, 6.07) is 7.98. The van der Waals surface area contributed by atoms with Crippen molar-refractivity contribution in [2.45, 2.75) is 6.18 Å². The van der Waals surface area contributed by atoms with Gasteiger partial charge in [0.15, 0.2) is 11.5 Å². The van der Waals surface area contributed by atoms with Gasteiger partial charge in [-0.25, -0.2) is 9.97 Å². The van der Waals surface area contributed by atoms with Gasteiger partial charge in [0.2, 0.25) is 6.79 Å². The molecule has 2 aliphatic heterocycles. The molecule has 32 heavy (non-hydrogen) atoms.